The number of nitrogens with zero attached hydrogens (tertiary/aromatic N) is 2. The summed E-state index contributed by atoms with van der Waals surface area (Å²) in [6.45, 7) is 7.46. The molecule has 30 heavy (non-hydrogen) atoms. The van der Waals surface area contributed by atoms with Crippen molar-refractivity contribution in [3.05, 3.63) is 77.8 Å². The molecule has 0 radical (unpaired) electrons. The van der Waals surface area contributed by atoms with Gasteiger partial charge in [-0.15, -0.1) is 11.8 Å². The molecular weight excluding hydrogens is 392 g/mol. The SMILES string of the molecule is Cc1ccc(SCCCCN2CCN(C3=COC(C4=CC=CCC4)=CO3)CC2)cc1. The van der Waals surface area contributed by atoms with E-state index in [4.69, 9.17) is 9.47 Å². The van der Waals surface area contributed by atoms with Gasteiger partial charge in [-0.25, -0.2) is 0 Å². The molecule has 0 spiro atoms. The first-order chi connectivity index (χ1) is 14.8. The molecule has 3 aliphatic rings. The van der Waals surface area contributed by atoms with Gasteiger partial charge in [0.2, 0.25) is 5.88 Å². The van der Waals surface area contributed by atoms with Crippen LogP contribution in [0, 0.1) is 6.92 Å². The van der Waals surface area contributed by atoms with E-state index in [1.165, 1.54) is 41.2 Å². The number of benzene rings is 1. The minimum Gasteiger partial charge on any atom is -0.456 e. The minimum atomic E-state index is 0.833. The molecule has 160 valence electrons. The third kappa shape index (κ3) is 5.96. The van der Waals surface area contributed by atoms with Crippen LogP contribution >= 0.6 is 11.8 Å². The van der Waals surface area contributed by atoms with Gasteiger partial charge in [0, 0.05) is 31.1 Å². The number of allylic oxidation sites excluding steroid dienone is 4. The molecule has 1 aromatic carbocycles. The van der Waals surface area contributed by atoms with E-state index in [1.807, 2.05) is 11.8 Å². The van der Waals surface area contributed by atoms with E-state index in [0.717, 1.165) is 50.7 Å². The van der Waals surface area contributed by atoms with Crippen LogP contribution in [-0.2, 0) is 9.47 Å². The second kappa shape index (κ2) is 10.8. The first-order valence-electron chi connectivity index (χ1n) is 11.0. The molecule has 0 unspecified atom stereocenters. The van der Waals surface area contributed by atoms with Crippen molar-refractivity contribution in [3.63, 3.8) is 0 Å². The number of unbranched alkanes of at least 4 members (excludes halogenated alkanes) is 1. The van der Waals surface area contributed by atoms with Gasteiger partial charge in [-0.2, -0.15) is 0 Å². The summed E-state index contributed by atoms with van der Waals surface area (Å²) in [4.78, 5) is 6.23. The number of hydrogen-bond donors (Lipinski definition) is 0. The van der Waals surface area contributed by atoms with Crippen molar-refractivity contribution >= 4 is 11.8 Å². The summed E-state index contributed by atoms with van der Waals surface area (Å²) in [6.07, 6.45) is 14.5. The van der Waals surface area contributed by atoms with Gasteiger partial charge in [0.25, 0.3) is 0 Å². The van der Waals surface area contributed by atoms with E-state index in [1.54, 1.807) is 12.5 Å². The quantitative estimate of drug-likeness (QED) is 0.408. The van der Waals surface area contributed by atoms with Gasteiger partial charge in [-0.05, 0) is 62.6 Å². The van der Waals surface area contributed by atoms with Crippen molar-refractivity contribution < 1.29 is 9.47 Å². The van der Waals surface area contributed by atoms with Crippen LogP contribution in [0.4, 0.5) is 0 Å². The normalized spacial score (nSPS) is 19.5. The van der Waals surface area contributed by atoms with Crippen LogP contribution in [0.25, 0.3) is 0 Å². The fraction of sp³-hybridized carbons (Fsp3) is 0.440. The molecule has 0 amide bonds. The average Bonchev–Trinajstić information content (AvgIpc) is 2.81. The van der Waals surface area contributed by atoms with E-state index < -0.39 is 0 Å². The highest BCUT2D eigenvalue weighted by atomic mass is 32.2. The Morgan fingerprint density at radius 1 is 0.967 bits per heavy atom. The smallest absolute Gasteiger partial charge is 0.231 e. The first kappa shape index (κ1) is 21.1. The Morgan fingerprint density at radius 3 is 2.50 bits per heavy atom. The number of ether oxygens (including phenoxy) is 2. The second-order valence-electron chi connectivity index (χ2n) is 8.03. The van der Waals surface area contributed by atoms with Crippen molar-refractivity contribution in [3.8, 4) is 0 Å². The molecule has 0 aromatic heterocycles. The van der Waals surface area contributed by atoms with Crippen LogP contribution in [0.5, 0.6) is 0 Å². The Bertz CT molecular complexity index is 818. The maximum absolute atomic E-state index is 5.89. The molecule has 1 fully saturated rings. The van der Waals surface area contributed by atoms with Crippen LogP contribution < -0.4 is 0 Å². The predicted molar refractivity (Wildman–Crippen MR) is 124 cm³/mol. The zero-order valence-electron chi connectivity index (χ0n) is 17.9. The van der Waals surface area contributed by atoms with E-state index in [9.17, 15) is 0 Å². The maximum atomic E-state index is 5.89. The van der Waals surface area contributed by atoms with Gasteiger partial charge in [-0.3, -0.25) is 4.90 Å². The second-order valence-corrected chi connectivity index (χ2v) is 9.20. The van der Waals surface area contributed by atoms with Gasteiger partial charge >= 0.3 is 0 Å². The molecule has 5 heteroatoms. The highest BCUT2D eigenvalue weighted by Crippen LogP contribution is 2.26. The van der Waals surface area contributed by atoms with Gasteiger partial charge < -0.3 is 14.4 Å². The topological polar surface area (TPSA) is 24.9 Å². The van der Waals surface area contributed by atoms with Gasteiger partial charge in [0.15, 0.2) is 12.0 Å². The molecular formula is C25H32N2O2S. The third-order valence-electron chi connectivity index (χ3n) is 5.75. The maximum Gasteiger partial charge on any atom is 0.231 e. The Hall–Kier alpha value is -2.11. The average molecular weight is 425 g/mol. The fourth-order valence-corrected chi connectivity index (χ4v) is 4.76. The molecule has 0 atom stereocenters. The lowest BCUT2D eigenvalue weighted by Crippen LogP contribution is -2.46. The summed E-state index contributed by atoms with van der Waals surface area (Å²) in [5, 5.41) is 0. The minimum absolute atomic E-state index is 0.833. The van der Waals surface area contributed by atoms with Crippen molar-refractivity contribution in [1.29, 1.82) is 0 Å². The number of rotatable bonds is 8. The molecule has 0 N–H and O–H groups in total. The summed E-state index contributed by atoms with van der Waals surface area (Å²) in [5.41, 5.74) is 2.54. The summed E-state index contributed by atoms with van der Waals surface area (Å²) >= 11 is 1.97. The van der Waals surface area contributed by atoms with Crippen LogP contribution in [0.15, 0.2) is 77.1 Å². The Balaban J connectivity index is 1.11. The molecule has 1 aliphatic carbocycles. The van der Waals surface area contributed by atoms with Crippen molar-refractivity contribution in [2.75, 3.05) is 38.5 Å². The fourth-order valence-electron chi connectivity index (χ4n) is 3.85. The van der Waals surface area contributed by atoms with Crippen molar-refractivity contribution in [2.24, 2.45) is 0 Å². The van der Waals surface area contributed by atoms with Gasteiger partial charge in [-0.1, -0.05) is 35.9 Å². The van der Waals surface area contributed by atoms with E-state index in [2.05, 4.69) is 59.2 Å². The largest absolute Gasteiger partial charge is 0.456 e. The Labute approximate surface area is 184 Å². The predicted octanol–water partition coefficient (Wildman–Crippen LogP) is 5.45. The van der Waals surface area contributed by atoms with Crippen LogP contribution in [0.1, 0.15) is 31.2 Å². The lowest BCUT2D eigenvalue weighted by atomic mass is 10.0. The van der Waals surface area contributed by atoms with E-state index in [-0.39, 0.29) is 0 Å². The molecule has 0 saturated carbocycles. The lowest BCUT2D eigenvalue weighted by Gasteiger charge is -2.36. The molecule has 4 rings (SSSR count). The van der Waals surface area contributed by atoms with E-state index >= 15 is 0 Å². The zero-order valence-corrected chi connectivity index (χ0v) is 18.7. The summed E-state index contributed by atoms with van der Waals surface area (Å²) in [6, 6.07) is 8.84. The molecule has 2 aliphatic heterocycles. The van der Waals surface area contributed by atoms with Crippen molar-refractivity contribution in [1.82, 2.24) is 9.80 Å². The highest BCUT2D eigenvalue weighted by Gasteiger charge is 2.22. The Morgan fingerprint density at radius 2 is 1.80 bits per heavy atom. The number of aryl methyl sites for hydroxylation is 1. The van der Waals surface area contributed by atoms with Gasteiger partial charge in [0.1, 0.15) is 6.26 Å². The summed E-state index contributed by atoms with van der Waals surface area (Å²) in [5.74, 6) is 2.87. The number of piperazine rings is 1. The molecule has 1 saturated heterocycles. The Kier molecular flexibility index (Phi) is 7.59. The highest BCUT2D eigenvalue weighted by molar-refractivity contribution is 7.99. The summed E-state index contributed by atoms with van der Waals surface area (Å²) in [7, 11) is 0. The van der Waals surface area contributed by atoms with E-state index in [0.29, 0.717) is 0 Å². The van der Waals surface area contributed by atoms with Crippen molar-refractivity contribution in [2.45, 2.75) is 37.5 Å². The van der Waals surface area contributed by atoms with Crippen LogP contribution in [-0.4, -0.2) is 48.3 Å². The first-order valence-corrected chi connectivity index (χ1v) is 12.0. The van der Waals surface area contributed by atoms with Crippen LogP contribution in [0.2, 0.25) is 0 Å². The standard InChI is InChI=1S/C25H32N2O2S/c1-21-9-11-23(12-10-21)30-18-6-5-13-26-14-16-27(17-15-26)25-20-28-24(19-29-25)22-7-3-2-4-8-22/h2-3,7,9-12,19-20H,4-6,8,13-18H2,1H3. The number of hydrogen-bond acceptors (Lipinski definition) is 5. The van der Waals surface area contributed by atoms with Gasteiger partial charge in [0.05, 0.1) is 0 Å². The molecule has 0 bridgehead atoms. The molecule has 1 aromatic rings. The lowest BCUT2D eigenvalue weighted by molar-refractivity contribution is 0.0841. The zero-order chi connectivity index (χ0) is 20.6. The summed E-state index contributed by atoms with van der Waals surface area (Å²) < 4.78 is 11.8. The third-order valence-corrected chi connectivity index (χ3v) is 6.84. The monoisotopic (exact) mass is 424 g/mol. The van der Waals surface area contributed by atoms with Crippen LogP contribution in [0.3, 0.4) is 0 Å². The molecule has 4 nitrogen and oxygen atoms in total. The molecule has 2 heterocycles. The number of thioether (sulfide) groups is 1.